The van der Waals surface area contributed by atoms with E-state index in [0.29, 0.717) is 19.6 Å². The normalized spacial score (nSPS) is 19.2. The predicted octanol–water partition coefficient (Wildman–Crippen LogP) is 1.24. The molecule has 0 aliphatic carbocycles. The van der Waals surface area contributed by atoms with Crippen molar-refractivity contribution in [3.63, 3.8) is 0 Å². The molecule has 6 nitrogen and oxygen atoms in total. The van der Waals surface area contributed by atoms with E-state index in [0.717, 1.165) is 51.0 Å². The van der Waals surface area contributed by atoms with E-state index in [2.05, 4.69) is 11.0 Å². The fourth-order valence-electron chi connectivity index (χ4n) is 3.86. The monoisotopic (exact) mass is 358 g/mol. The van der Waals surface area contributed by atoms with Crippen LogP contribution in [-0.2, 0) is 16.0 Å². The summed E-state index contributed by atoms with van der Waals surface area (Å²) in [6.07, 6.45) is 3.70. The smallest absolute Gasteiger partial charge is 0.241 e. The van der Waals surface area contributed by atoms with Gasteiger partial charge < -0.3 is 15.5 Å². The number of piperazine rings is 1. The molecule has 1 unspecified atom stereocenters. The van der Waals surface area contributed by atoms with Crippen LogP contribution >= 0.6 is 0 Å². The van der Waals surface area contributed by atoms with Crippen molar-refractivity contribution in [2.45, 2.75) is 38.6 Å². The van der Waals surface area contributed by atoms with E-state index in [9.17, 15) is 9.59 Å². The zero-order chi connectivity index (χ0) is 18.5. The maximum Gasteiger partial charge on any atom is 0.241 e. The Bertz CT molecular complexity index is 640. The Hall–Kier alpha value is -1.92. The lowest BCUT2D eigenvalue weighted by atomic mass is 10.0. The van der Waals surface area contributed by atoms with E-state index in [1.165, 1.54) is 5.56 Å². The van der Waals surface area contributed by atoms with E-state index in [-0.39, 0.29) is 11.8 Å². The fraction of sp³-hybridized carbons (Fsp3) is 0.600. The van der Waals surface area contributed by atoms with Gasteiger partial charge in [0.1, 0.15) is 0 Å². The van der Waals surface area contributed by atoms with Crippen LogP contribution in [0.2, 0.25) is 0 Å². The number of carbonyl (C=O) groups is 2. The molecule has 1 saturated heterocycles. The Morgan fingerprint density at radius 1 is 1.12 bits per heavy atom. The molecule has 1 atom stereocenters. The Morgan fingerprint density at radius 2 is 1.85 bits per heavy atom. The Kier molecular flexibility index (Phi) is 6.27. The molecule has 2 aliphatic heterocycles. The number of nitrogens with two attached hydrogens (primary N) is 1. The van der Waals surface area contributed by atoms with Gasteiger partial charge in [-0.2, -0.15) is 0 Å². The molecule has 0 radical (unpaired) electrons. The zero-order valence-corrected chi connectivity index (χ0v) is 15.7. The second-order valence-corrected chi connectivity index (χ2v) is 7.27. The van der Waals surface area contributed by atoms with Crippen LogP contribution in [0.5, 0.6) is 0 Å². The van der Waals surface area contributed by atoms with E-state index in [1.807, 2.05) is 34.9 Å². The van der Waals surface area contributed by atoms with Crippen molar-refractivity contribution in [3.05, 3.63) is 29.8 Å². The number of rotatable bonds is 5. The third kappa shape index (κ3) is 4.24. The molecule has 2 N–H and O–H groups in total. The number of anilines is 1. The molecule has 1 fully saturated rings. The van der Waals surface area contributed by atoms with Crippen molar-refractivity contribution < 1.29 is 9.59 Å². The largest absolute Gasteiger partial charge is 0.339 e. The molecular weight excluding hydrogens is 328 g/mol. The van der Waals surface area contributed by atoms with Crippen LogP contribution in [0.4, 0.5) is 5.69 Å². The molecule has 1 aromatic carbocycles. The SMILES string of the molecule is CCCC(N)C(=O)N1CCN(CC(=O)N2CCCc3ccccc32)CC1. The fourth-order valence-corrected chi connectivity index (χ4v) is 3.86. The predicted molar refractivity (Wildman–Crippen MR) is 103 cm³/mol. The van der Waals surface area contributed by atoms with Crippen LogP contribution in [0.3, 0.4) is 0 Å². The first kappa shape index (κ1) is 18.9. The second kappa shape index (κ2) is 8.64. The minimum atomic E-state index is -0.391. The van der Waals surface area contributed by atoms with Gasteiger partial charge in [0.2, 0.25) is 11.8 Å². The minimum Gasteiger partial charge on any atom is -0.339 e. The highest BCUT2D eigenvalue weighted by atomic mass is 16.2. The summed E-state index contributed by atoms with van der Waals surface area (Å²) in [6, 6.07) is 7.79. The summed E-state index contributed by atoms with van der Waals surface area (Å²) in [5.74, 6) is 0.197. The Labute approximate surface area is 155 Å². The summed E-state index contributed by atoms with van der Waals surface area (Å²) in [4.78, 5) is 31.0. The third-order valence-corrected chi connectivity index (χ3v) is 5.37. The molecule has 142 valence electrons. The lowest BCUT2D eigenvalue weighted by Gasteiger charge is -2.37. The quantitative estimate of drug-likeness (QED) is 0.860. The lowest BCUT2D eigenvalue weighted by Crippen LogP contribution is -2.55. The highest BCUT2D eigenvalue weighted by molar-refractivity contribution is 5.96. The van der Waals surface area contributed by atoms with Crippen molar-refractivity contribution in [3.8, 4) is 0 Å². The van der Waals surface area contributed by atoms with Gasteiger partial charge in [0.15, 0.2) is 0 Å². The van der Waals surface area contributed by atoms with Crippen LogP contribution in [0.1, 0.15) is 31.7 Å². The van der Waals surface area contributed by atoms with Crippen LogP contribution in [-0.4, -0.2) is 66.9 Å². The Morgan fingerprint density at radius 3 is 2.58 bits per heavy atom. The van der Waals surface area contributed by atoms with Crippen molar-refractivity contribution in [1.82, 2.24) is 9.80 Å². The molecule has 0 aromatic heterocycles. The number of para-hydroxylation sites is 1. The summed E-state index contributed by atoms with van der Waals surface area (Å²) >= 11 is 0. The molecule has 3 rings (SSSR count). The van der Waals surface area contributed by atoms with Gasteiger partial charge in [0.05, 0.1) is 12.6 Å². The van der Waals surface area contributed by atoms with Gasteiger partial charge in [-0.05, 0) is 30.9 Å². The summed E-state index contributed by atoms with van der Waals surface area (Å²) < 4.78 is 0. The van der Waals surface area contributed by atoms with Gasteiger partial charge >= 0.3 is 0 Å². The van der Waals surface area contributed by atoms with Crippen LogP contribution in [0, 0.1) is 0 Å². The van der Waals surface area contributed by atoms with Crippen LogP contribution in [0.15, 0.2) is 24.3 Å². The van der Waals surface area contributed by atoms with Gasteiger partial charge in [-0.3, -0.25) is 14.5 Å². The number of amides is 2. The van der Waals surface area contributed by atoms with E-state index in [1.54, 1.807) is 0 Å². The topological polar surface area (TPSA) is 69.9 Å². The highest BCUT2D eigenvalue weighted by Gasteiger charge is 2.28. The first-order valence-corrected chi connectivity index (χ1v) is 9.75. The number of hydrogen-bond donors (Lipinski definition) is 1. The van der Waals surface area contributed by atoms with Crippen molar-refractivity contribution in [2.24, 2.45) is 5.73 Å². The number of nitrogens with zero attached hydrogens (tertiary/aromatic N) is 3. The first-order valence-electron chi connectivity index (χ1n) is 9.75. The standard InChI is InChI=1S/C20H30N4O2/c1-2-6-17(21)20(26)23-13-11-22(12-14-23)15-19(25)24-10-5-8-16-7-3-4-9-18(16)24/h3-4,7,9,17H,2,5-6,8,10-15,21H2,1H3. The minimum absolute atomic E-state index is 0.0442. The first-order chi connectivity index (χ1) is 12.6. The molecule has 0 saturated carbocycles. The van der Waals surface area contributed by atoms with Gasteiger partial charge in [-0.15, -0.1) is 0 Å². The van der Waals surface area contributed by atoms with Crippen molar-refractivity contribution in [2.75, 3.05) is 44.2 Å². The van der Waals surface area contributed by atoms with E-state index >= 15 is 0 Å². The van der Waals surface area contributed by atoms with Crippen LogP contribution in [0.25, 0.3) is 0 Å². The highest BCUT2D eigenvalue weighted by Crippen LogP contribution is 2.26. The summed E-state index contributed by atoms with van der Waals surface area (Å²) in [5.41, 5.74) is 8.27. The molecule has 6 heteroatoms. The van der Waals surface area contributed by atoms with E-state index < -0.39 is 6.04 Å². The maximum absolute atomic E-state index is 12.8. The van der Waals surface area contributed by atoms with Crippen LogP contribution < -0.4 is 10.6 Å². The number of carbonyl (C=O) groups excluding carboxylic acids is 2. The molecule has 26 heavy (non-hydrogen) atoms. The Balaban J connectivity index is 1.52. The molecule has 1 aromatic rings. The van der Waals surface area contributed by atoms with Gasteiger partial charge in [-0.1, -0.05) is 31.5 Å². The number of aryl methyl sites for hydroxylation is 1. The summed E-state index contributed by atoms with van der Waals surface area (Å²) in [7, 11) is 0. The molecule has 0 bridgehead atoms. The lowest BCUT2D eigenvalue weighted by molar-refractivity contribution is -0.134. The van der Waals surface area contributed by atoms with Crippen molar-refractivity contribution >= 4 is 17.5 Å². The van der Waals surface area contributed by atoms with Crippen molar-refractivity contribution in [1.29, 1.82) is 0 Å². The summed E-state index contributed by atoms with van der Waals surface area (Å²) in [5, 5.41) is 0. The average Bonchev–Trinajstić information content (AvgIpc) is 2.67. The zero-order valence-electron chi connectivity index (χ0n) is 15.7. The number of fused-ring (bicyclic) bond motifs is 1. The van der Waals surface area contributed by atoms with Gasteiger partial charge in [-0.25, -0.2) is 0 Å². The third-order valence-electron chi connectivity index (χ3n) is 5.37. The molecule has 2 aliphatic rings. The number of benzene rings is 1. The molecule has 2 heterocycles. The summed E-state index contributed by atoms with van der Waals surface area (Å²) in [6.45, 7) is 6.00. The average molecular weight is 358 g/mol. The number of hydrogen-bond acceptors (Lipinski definition) is 4. The van der Waals surface area contributed by atoms with E-state index in [4.69, 9.17) is 5.73 Å². The second-order valence-electron chi connectivity index (χ2n) is 7.27. The molecule has 2 amide bonds. The van der Waals surface area contributed by atoms with Gasteiger partial charge in [0, 0.05) is 38.4 Å². The van der Waals surface area contributed by atoms with Gasteiger partial charge in [0.25, 0.3) is 0 Å². The molecule has 0 spiro atoms. The molecular formula is C20H30N4O2. The maximum atomic E-state index is 12.8.